The molecule has 7 nitrogen and oxygen atoms in total. The third kappa shape index (κ3) is 4.39. The van der Waals surface area contributed by atoms with Crippen LogP contribution in [-0.2, 0) is 7.05 Å². The molecule has 0 N–H and O–H groups in total. The van der Waals surface area contributed by atoms with Crippen molar-refractivity contribution in [1.29, 1.82) is 5.26 Å². The summed E-state index contributed by atoms with van der Waals surface area (Å²) in [7, 11) is 7.46. The summed E-state index contributed by atoms with van der Waals surface area (Å²) in [6.07, 6.45) is 1.92. The highest BCUT2D eigenvalue weighted by molar-refractivity contribution is 5.81. The number of piperidine rings is 1. The first-order chi connectivity index (χ1) is 16.3. The molecule has 176 valence electrons. The van der Waals surface area contributed by atoms with E-state index in [0.29, 0.717) is 40.1 Å². The van der Waals surface area contributed by atoms with E-state index in [0.717, 1.165) is 25.9 Å². The number of aromatic nitrogens is 2. The van der Waals surface area contributed by atoms with Crippen LogP contribution in [0.5, 0.6) is 5.75 Å². The SMILES string of the molecule is COc1ccc(-c2c(-c3ccc(C#N)c(F)c3)nc(N3CCC(N(C)C)CC3)n(C)c2=O)cc1. The van der Waals surface area contributed by atoms with Crippen LogP contribution in [0.4, 0.5) is 10.3 Å². The van der Waals surface area contributed by atoms with Crippen LogP contribution in [0.1, 0.15) is 18.4 Å². The molecular weight excluding hydrogens is 433 g/mol. The molecule has 3 aromatic rings. The van der Waals surface area contributed by atoms with Gasteiger partial charge in [0.15, 0.2) is 0 Å². The van der Waals surface area contributed by atoms with Gasteiger partial charge in [-0.05, 0) is 56.8 Å². The van der Waals surface area contributed by atoms with Gasteiger partial charge in [0.2, 0.25) is 5.95 Å². The van der Waals surface area contributed by atoms with Crippen molar-refractivity contribution < 1.29 is 9.13 Å². The molecule has 1 fully saturated rings. The maximum absolute atomic E-state index is 14.6. The van der Waals surface area contributed by atoms with E-state index in [1.54, 1.807) is 49.1 Å². The molecule has 8 heteroatoms. The summed E-state index contributed by atoms with van der Waals surface area (Å²) in [6, 6.07) is 13.8. The van der Waals surface area contributed by atoms with Crippen LogP contribution >= 0.6 is 0 Å². The van der Waals surface area contributed by atoms with Crippen molar-refractivity contribution in [3.05, 3.63) is 64.2 Å². The van der Waals surface area contributed by atoms with E-state index in [1.165, 1.54) is 12.1 Å². The maximum Gasteiger partial charge on any atom is 0.263 e. The van der Waals surface area contributed by atoms with E-state index >= 15 is 0 Å². The average molecular weight is 462 g/mol. The number of hydrogen-bond donors (Lipinski definition) is 0. The molecule has 0 amide bonds. The van der Waals surface area contributed by atoms with E-state index < -0.39 is 5.82 Å². The fraction of sp³-hybridized carbons (Fsp3) is 0.346. The van der Waals surface area contributed by atoms with Crippen molar-refractivity contribution in [2.75, 3.05) is 39.2 Å². The van der Waals surface area contributed by atoms with Crippen molar-refractivity contribution in [3.63, 3.8) is 0 Å². The van der Waals surface area contributed by atoms with Crippen molar-refractivity contribution in [2.45, 2.75) is 18.9 Å². The van der Waals surface area contributed by atoms with Crippen LogP contribution in [0.2, 0.25) is 0 Å². The predicted molar refractivity (Wildman–Crippen MR) is 130 cm³/mol. The third-order valence-corrected chi connectivity index (χ3v) is 6.49. The van der Waals surface area contributed by atoms with Gasteiger partial charge in [0.25, 0.3) is 5.56 Å². The van der Waals surface area contributed by atoms with Crippen molar-refractivity contribution >= 4 is 5.95 Å². The molecule has 1 aromatic heterocycles. The summed E-state index contributed by atoms with van der Waals surface area (Å²) in [6.45, 7) is 1.54. The van der Waals surface area contributed by atoms with Crippen molar-refractivity contribution in [3.8, 4) is 34.2 Å². The molecule has 4 rings (SSSR count). The summed E-state index contributed by atoms with van der Waals surface area (Å²) in [5.41, 5.74) is 1.60. The lowest BCUT2D eigenvalue weighted by atomic mass is 9.99. The molecule has 1 aliphatic rings. The van der Waals surface area contributed by atoms with Gasteiger partial charge in [0, 0.05) is 31.7 Å². The van der Waals surface area contributed by atoms with Gasteiger partial charge < -0.3 is 14.5 Å². The maximum atomic E-state index is 14.6. The Kier molecular flexibility index (Phi) is 6.66. The molecular formula is C26H28FN5O2. The largest absolute Gasteiger partial charge is 0.497 e. The number of ether oxygens (including phenoxy) is 1. The summed E-state index contributed by atoms with van der Waals surface area (Å²) >= 11 is 0. The van der Waals surface area contributed by atoms with Gasteiger partial charge in [0.1, 0.15) is 17.6 Å². The fourth-order valence-corrected chi connectivity index (χ4v) is 4.44. The molecule has 0 spiro atoms. The topological polar surface area (TPSA) is 74.4 Å². The highest BCUT2D eigenvalue weighted by Crippen LogP contribution is 2.32. The first-order valence-electron chi connectivity index (χ1n) is 11.2. The molecule has 2 heterocycles. The number of methoxy groups -OCH3 is 1. The summed E-state index contributed by atoms with van der Waals surface area (Å²) in [4.78, 5) is 22.9. The molecule has 1 saturated heterocycles. The molecule has 2 aromatic carbocycles. The smallest absolute Gasteiger partial charge is 0.263 e. The number of halogens is 1. The summed E-state index contributed by atoms with van der Waals surface area (Å²) in [5, 5.41) is 9.14. The Morgan fingerprint density at radius 2 is 1.76 bits per heavy atom. The number of nitrogens with zero attached hydrogens (tertiary/aromatic N) is 5. The monoisotopic (exact) mass is 461 g/mol. The van der Waals surface area contributed by atoms with E-state index in [9.17, 15) is 9.18 Å². The zero-order valence-electron chi connectivity index (χ0n) is 19.9. The second kappa shape index (κ2) is 9.65. The minimum absolute atomic E-state index is 0.0513. The van der Waals surface area contributed by atoms with Crippen LogP contribution in [-0.4, -0.2) is 54.8 Å². The van der Waals surface area contributed by atoms with E-state index in [4.69, 9.17) is 15.0 Å². The fourth-order valence-electron chi connectivity index (χ4n) is 4.44. The minimum Gasteiger partial charge on any atom is -0.497 e. The van der Waals surface area contributed by atoms with Gasteiger partial charge in [-0.2, -0.15) is 5.26 Å². The van der Waals surface area contributed by atoms with Crippen LogP contribution in [0.15, 0.2) is 47.3 Å². The van der Waals surface area contributed by atoms with Crippen LogP contribution in [0.25, 0.3) is 22.4 Å². The molecule has 34 heavy (non-hydrogen) atoms. The number of rotatable bonds is 5. The van der Waals surface area contributed by atoms with Crippen molar-refractivity contribution in [2.24, 2.45) is 7.05 Å². The molecule has 0 radical (unpaired) electrons. The van der Waals surface area contributed by atoms with Gasteiger partial charge in [0.05, 0.1) is 23.9 Å². The Hall–Kier alpha value is -3.70. The van der Waals surface area contributed by atoms with Crippen LogP contribution < -0.4 is 15.2 Å². The Balaban J connectivity index is 1.88. The van der Waals surface area contributed by atoms with Gasteiger partial charge in [-0.15, -0.1) is 0 Å². The van der Waals surface area contributed by atoms with E-state index in [1.807, 2.05) is 6.07 Å². The normalized spacial score (nSPS) is 14.3. The van der Waals surface area contributed by atoms with Crippen LogP contribution in [0.3, 0.4) is 0 Å². The molecule has 0 saturated carbocycles. The zero-order valence-corrected chi connectivity index (χ0v) is 19.9. The molecule has 0 bridgehead atoms. The van der Waals surface area contributed by atoms with Gasteiger partial charge in [-0.25, -0.2) is 9.37 Å². The molecule has 1 aliphatic heterocycles. The molecule has 0 atom stereocenters. The average Bonchev–Trinajstić information content (AvgIpc) is 2.85. The predicted octanol–water partition coefficient (Wildman–Crippen LogP) is 3.66. The lowest BCUT2D eigenvalue weighted by Crippen LogP contribution is -2.44. The summed E-state index contributed by atoms with van der Waals surface area (Å²) in [5.74, 6) is 0.579. The Morgan fingerprint density at radius 1 is 1.12 bits per heavy atom. The first kappa shape index (κ1) is 23.5. The standard InChI is InChI=1S/C26H28FN5O2/c1-30(2)20-11-13-32(14-12-20)26-29-24(18-5-6-19(16-28)22(27)15-18)23(25(33)31(26)3)17-7-9-21(34-4)10-8-17/h5-10,15,20H,11-14H2,1-4H3. The second-order valence-electron chi connectivity index (χ2n) is 8.72. The first-order valence-corrected chi connectivity index (χ1v) is 11.2. The number of hydrogen-bond acceptors (Lipinski definition) is 6. The highest BCUT2D eigenvalue weighted by Gasteiger charge is 2.26. The summed E-state index contributed by atoms with van der Waals surface area (Å²) < 4.78 is 21.4. The number of benzene rings is 2. The lowest BCUT2D eigenvalue weighted by Gasteiger charge is -2.36. The quantitative estimate of drug-likeness (QED) is 0.577. The second-order valence-corrected chi connectivity index (χ2v) is 8.72. The Labute approximate surface area is 198 Å². The molecule has 0 unspecified atom stereocenters. The van der Waals surface area contributed by atoms with E-state index in [2.05, 4.69) is 23.9 Å². The van der Waals surface area contributed by atoms with Crippen LogP contribution in [0, 0.1) is 17.1 Å². The molecule has 0 aliphatic carbocycles. The highest BCUT2D eigenvalue weighted by atomic mass is 19.1. The number of anilines is 1. The number of nitriles is 1. The third-order valence-electron chi connectivity index (χ3n) is 6.49. The Morgan fingerprint density at radius 3 is 2.32 bits per heavy atom. The van der Waals surface area contributed by atoms with E-state index in [-0.39, 0.29) is 11.1 Å². The van der Waals surface area contributed by atoms with Gasteiger partial charge >= 0.3 is 0 Å². The zero-order chi connectivity index (χ0) is 24.4. The van der Waals surface area contributed by atoms with Crippen molar-refractivity contribution in [1.82, 2.24) is 14.5 Å². The lowest BCUT2D eigenvalue weighted by molar-refractivity contribution is 0.248. The van der Waals surface area contributed by atoms with Gasteiger partial charge in [-0.3, -0.25) is 9.36 Å². The minimum atomic E-state index is -0.642. The van der Waals surface area contributed by atoms with Gasteiger partial charge in [-0.1, -0.05) is 18.2 Å². The Bertz CT molecular complexity index is 1290.